The minimum absolute atomic E-state index is 0.000189. The third kappa shape index (κ3) is 8.80. The zero-order valence-electron chi connectivity index (χ0n) is 21.5. The van der Waals surface area contributed by atoms with Gasteiger partial charge in [-0.15, -0.1) is 13.2 Å². The van der Waals surface area contributed by atoms with Gasteiger partial charge in [0.25, 0.3) is 0 Å². The van der Waals surface area contributed by atoms with Gasteiger partial charge in [0.05, 0.1) is 13.2 Å². The largest absolute Gasteiger partial charge is 0.507 e. The number of phosphoric acid groups is 1. The highest BCUT2D eigenvalue weighted by molar-refractivity contribution is 7.48. The predicted molar refractivity (Wildman–Crippen MR) is 142 cm³/mol. The minimum Gasteiger partial charge on any atom is -0.507 e. The SMILES string of the molecule is C=CCOP(=O)(OCC=C)OCOc1cc(CCCCC)cc(O)c1[C@@H]1C=C(C)CC[C@H]1C(=C)C. The Hall–Kier alpha value is -2.11. The Morgan fingerprint density at radius 1 is 1.17 bits per heavy atom. The van der Waals surface area contributed by atoms with Crippen molar-refractivity contribution in [3.05, 3.63) is 72.4 Å². The van der Waals surface area contributed by atoms with Crippen molar-refractivity contribution in [2.45, 2.75) is 65.2 Å². The zero-order valence-corrected chi connectivity index (χ0v) is 22.4. The van der Waals surface area contributed by atoms with Crippen LogP contribution < -0.4 is 4.74 Å². The van der Waals surface area contributed by atoms with Crippen LogP contribution in [0.3, 0.4) is 0 Å². The lowest BCUT2D eigenvalue weighted by atomic mass is 9.73. The lowest BCUT2D eigenvalue weighted by molar-refractivity contribution is 0.0570. The molecular weight excluding hydrogens is 463 g/mol. The molecule has 0 fully saturated rings. The number of unbranched alkanes of at least 4 members (excludes halogenated alkanes) is 2. The molecule has 1 aliphatic carbocycles. The fourth-order valence-electron chi connectivity index (χ4n) is 4.31. The Labute approximate surface area is 210 Å². The van der Waals surface area contributed by atoms with Gasteiger partial charge in [-0.2, -0.15) is 0 Å². The van der Waals surface area contributed by atoms with Crippen LogP contribution >= 0.6 is 7.82 Å². The van der Waals surface area contributed by atoms with Crippen molar-refractivity contribution < 1.29 is 28.0 Å². The van der Waals surface area contributed by atoms with E-state index in [1.807, 2.05) is 19.1 Å². The van der Waals surface area contributed by atoms with Crippen molar-refractivity contribution in [2.24, 2.45) is 5.92 Å². The smallest absolute Gasteiger partial charge is 0.478 e. The van der Waals surface area contributed by atoms with Gasteiger partial charge in [0.1, 0.15) is 11.5 Å². The molecule has 6 nitrogen and oxygen atoms in total. The molecule has 0 heterocycles. The molecule has 1 aromatic rings. The predicted octanol–water partition coefficient (Wildman–Crippen LogP) is 8.01. The molecule has 0 aromatic heterocycles. The molecule has 0 radical (unpaired) electrons. The number of benzene rings is 1. The maximum Gasteiger partial charge on any atom is 0.478 e. The summed E-state index contributed by atoms with van der Waals surface area (Å²) in [6, 6.07) is 3.78. The van der Waals surface area contributed by atoms with Crippen LogP contribution in [-0.2, 0) is 24.6 Å². The van der Waals surface area contributed by atoms with Gasteiger partial charge in [0, 0.05) is 11.5 Å². The van der Waals surface area contributed by atoms with Crippen LogP contribution in [0.15, 0.2) is 61.2 Å². The van der Waals surface area contributed by atoms with Crippen LogP contribution in [0.2, 0.25) is 0 Å². The molecule has 0 unspecified atom stereocenters. The Bertz CT molecular complexity index is 935. The molecule has 0 amide bonds. The molecule has 194 valence electrons. The summed E-state index contributed by atoms with van der Waals surface area (Å²) < 4.78 is 34.8. The van der Waals surface area contributed by atoms with Gasteiger partial charge in [-0.3, -0.25) is 9.05 Å². The van der Waals surface area contributed by atoms with Crippen LogP contribution in [0, 0.1) is 5.92 Å². The lowest BCUT2D eigenvalue weighted by Gasteiger charge is -2.32. The topological polar surface area (TPSA) is 74.2 Å². The Morgan fingerprint density at radius 2 is 1.86 bits per heavy atom. The van der Waals surface area contributed by atoms with E-state index >= 15 is 0 Å². The van der Waals surface area contributed by atoms with Crippen LogP contribution in [0.25, 0.3) is 0 Å². The highest BCUT2D eigenvalue weighted by atomic mass is 31.2. The number of phenolic OH excluding ortho intramolecular Hbond substituents is 1. The van der Waals surface area contributed by atoms with Gasteiger partial charge in [0.15, 0.2) is 6.79 Å². The summed E-state index contributed by atoms with van der Waals surface area (Å²) in [5.74, 6) is 0.779. The standard InChI is InChI=1S/C28H41O6P/c1-7-10-11-12-23-18-26(29)28(25-17-22(6)13-14-24(25)21(4)5)27(19-23)31-20-34-35(30,32-15-8-2)33-16-9-3/h8-9,17-19,24-25,29H,2-4,7,10-16,20H2,1,5-6H3/t24-,25+/m0/s1. The van der Waals surface area contributed by atoms with Crippen LogP contribution in [0.4, 0.5) is 0 Å². The van der Waals surface area contributed by atoms with Crippen molar-refractivity contribution in [1.82, 2.24) is 0 Å². The Balaban J connectivity index is 2.37. The van der Waals surface area contributed by atoms with Gasteiger partial charge in [0.2, 0.25) is 0 Å². The number of aryl methyl sites for hydroxylation is 1. The number of phosphoric ester groups is 1. The van der Waals surface area contributed by atoms with Crippen molar-refractivity contribution in [3.8, 4) is 11.5 Å². The van der Waals surface area contributed by atoms with Crippen LogP contribution in [-0.4, -0.2) is 25.1 Å². The van der Waals surface area contributed by atoms with E-state index in [1.54, 1.807) is 0 Å². The number of ether oxygens (including phenoxy) is 1. The van der Waals surface area contributed by atoms with E-state index in [9.17, 15) is 9.67 Å². The van der Waals surface area contributed by atoms with Crippen molar-refractivity contribution in [2.75, 3.05) is 20.0 Å². The third-order valence-electron chi connectivity index (χ3n) is 6.09. The van der Waals surface area contributed by atoms with E-state index in [0.717, 1.165) is 49.7 Å². The second-order valence-corrected chi connectivity index (χ2v) is 10.7. The second kappa shape index (κ2) is 14.4. The highest BCUT2D eigenvalue weighted by Crippen LogP contribution is 2.50. The normalized spacial score (nSPS) is 18.1. The van der Waals surface area contributed by atoms with E-state index in [2.05, 4.69) is 39.7 Å². The monoisotopic (exact) mass is 504 g/mol. The van der Waals surface area contributed by atoms with Gasteiger partial charge in [-0.25, -0.2) is 9.09 Å². The summed E-state index contributed by atoms with van der Waals surface area (Å²) in [5.41, 5.74) is 4.00. The third-order valence-corrected chi connectivity index (χ3v) is 7.44. The molecule has 0 aliphatic heterocycles. The van der Waals surface area contributed by atoms with Gasteiger partial charge < -0.3 is 9.84 Å². The maximum atomic E-state index is 12.9. The molecule has 0 saturated heterocycles. The average molecular weight is 505 g/mol. The molecule has 0 bridgehead atoms. The summed E-state index contributed by atoms with van der Waals surface area (Å²) in [4.78, 5) is 0. The molecule has 1 aromatic carbocycles. The lowest BCUT2D eigenvalue weighted by Crippen LogP contribution is -2.18. The molecular formula is C28H41O6P. The quantitative estimate of drug-likeness (QED) is 0.106. The summed E-state index contributed by atoms with van der Waals surface area (Å²) in [6.07, 6.45) is 11.1. The van der Waals surface area contributed by atoms with Gasteiger partial charge in [-0.1, -0.05) is 55.7 Å². The highest BCUT2D eigenvalue weighted by Gasteiger charge is 2.31. The first-order chi connectivity index (χ1) is 16.7. The first-order valence-electron chi connectivity index (χ1n) is 12.3. The summed E-state index contributed by atoms with van der Waals surface area (Å²) in [5, 5.41) is 11.2. The molecule has 0 saturated carbocycles. The van der Waals surface area contributed by atoms with Crippen LogP contribution in [0.1, 0.15) is 69.9 Å². The number of allylic oxidation sites excluding steroid dienone is 3. The second-order valence-electron chi connectivity index (χ2n) is 9.02. The fraction of sp³-hybridized carbons (Fsp3) is 0.500. The first kappa shape index (κ1) is 29.1. The van der Waals surface area contributed by atoms with E-state index in [1.165, 1.54) is 17.7 Å². The Morgan fingerprint density at radius 3 is 2.46 bits per heavy atom. The number of phenols is 1. The molecule has 0 spiro atoms. The van der Waals surface area contributed by atoms with Crippen molar-refractivity contribution in [1.29, 1.82) is 0 Å². The molecule has 2 atom stereocenters. The van der Waals surface area contributed by atoms with E-state index in [-0.39, 0.29) is 37.6 Å². The molecule has 1 N–H and O–H groups in total. The summed E-state index contributed by atoms with van der Waals surface area (Å²) in [7, 11) is -3.88. The molecule has 35 heavy (non-hydrogen) atoms. The van der Waals surface area contributed by atoms with Crippen molar-refractivity contribution in [3.63, 3.8) is 0 Å². The van der Waals surface area contributed by atoms with E-state index in [4.69, 9.17) is 18.3 Å². The van der Waals surface area contributed by atoms with Crippen molar-refractivity contribution >= 4 is 7.82 Å². The van der Waals surface area contributed by atoms with Crippen LogP contribution in [0.5, 0.6) is 11.5 Å². The number of hydrogen-bond acceptors (Lipinski definition) is 6. The minimum atomic E-state index is -3.88. The van der Waals surface area contributed by atoms with Gasteiger partial charge in [-0.05, 0) is 63.1 Å². The maximum absolute atomic E-state index is 12.9. The molecule has 7 heteroatoms. The van der Waals surface area contributed by atoms with E-state index in [0.29, 0.717) is 11.3 Å². The van der Waals surface area contributed by atoms with Gasteiger partial charge >= 0.3 is 7.82 Å². The zero-order chi connectivity index (χ0) is 25.8. The Kier molecular flexibility index (Phi) is 12.0. The summed E-state index contributed by atoms with van der Waals surface area (Å²) in [6.45, 7) is 17.2. The molecule has 1 aliphatic rings. The first-order valence-corrected chi connectivity index (χ1v) is 13.8. The number of hydrogen-bond donors (Lipinski definition) is 1. The fourth-order valence-corrected chi connectivity index (χ4v) is 5.29. The van der Waals surface area contributed by atoms with E-state index < -0.39 is 7.82 Å². The molecule has 2 rings (SSSR count). The average Bonchev–Trinajstić information content (AvgIpc) is 2.81. The number of aromatic hydroxyl groups is 1. The number of rotatable bonds is 16. The summed E-state index contributed by atoms with van der Waals surface area (Å²) >= 11 is 0.